The molecule has 2 heterocycles. The van der Waals surface area contributed by atoms with E-state index in [4.69, 9.17) is 10.8 Å². The fourth-order valence-corrected chi connectivity index (χ4v) is 4.98. The zero-order valence-corrected chi connectivity index (χ0v) is 26.0. The van der Waals surface area contributed by atoms with Crippen molar-refractivity contribution in [3.05, 3.63) is 95.8 Å². The molecule has 0 saturated heterocycles. The zero-order valence-electron chi connectivity index (χ0n) is 26.0. The van der Waals surface area contributed by atoms with Gasteiger partial charge in [-0.3, -0.25) is 19.4 Å². The number of amides is 3. The summed E-state index contributed by atoms with van der Waals surface area (Å²) in [5.74, 6) is -0.951. The minimum absolute atomic E-state index is 0.0641. The van der Waals surface area contributed by atoms with Crippen LogP contribution in [0.3, 0.4) is 0 Å². The van der Waals surface area contributed by atoms with Gasteiger partial charge in [0.2, 0.25) is 17.7 Å². The van der Waals surface area contributed by atoms with Gasteiger partial charge in [0, 0.05) is 37.3 Å². The Kier molecular flexibility index (Phi) is 10.7. The number of rotatable bonds is 13. The third-order valence-corrected chi connectivity index (χ3v) is 7.42. The molecule has 230 valence electrons. The van der Waals surface area contributed by atoms with E-state index < -0.39 is 11.9 Å². The molecule has 1 atom stereocenters. The molecule has 1 unspecified atom stereocenters. The molecule has 9 nitrogen and oxygen atoms in total. The van der Waals surface area contributed by atoms with Gasteiger partial charge in [0.05, 0.1) is 11.4 Å². The number of hydrogen-bond donors (Lipinski definition) is 3. The van der Waals surface area contributed by atoms with Crippen LogP contribution in [-0.2, 0) is 32.6 Å². The lowest BCUT2D eigenvalue weighted by atomic mass is 9.87. The van der Waals surface area contributed by atoms with Gasteiger partial charge in [0.25, 0.3) is 0 Å². The Morgan fingerprint density at radius 1 is 0.909 bits per heavy atom. The quantitative estimate of drug-likeness (QED) is 0.176. The van der Waals surface area contributed by atoms with Gasteiger partial charge in [-0.05, 0) is 78.3 Å². The van der Waals surface area contributed by atoms with Crippen LogP contribution in [-0.4, -0.2) is 38.5 Å². The summed E-state index contributed by atoms with van der Waals surface area (Å²) >= 11 is 0. The monoisotopic (exact) mass is 594 g/mol. The predicted molar refractivity (Wildman–Crippen MR) is 173 cm³/mol. The highest BCUT2D eigenvalue weighted by molar-refractivity contribution is 5.89. The minimum Gasteiger partial charge on any atom is -0.368 e. The lowest BCUT2D eigenvalue weighted by Gasteiger charge is -2.19. The second-order valence-electron chi connectivity index (χ2n) is 12.1. The zero-order chi connectivity index (χ0) is 31.7. The molecular weight excluding hydrogens is 552 g/mol. The van der Waals surface area contributed by atoms with Gasteiger partial charge < -0.3 is 16.4 Å². The Hall–Kier alpha value is -4.79. The molecule has 0 aliphatic carbocycles. The largest absolute Gasteiger partial charge is 0.368 e. The van der Waals surface area contributed by atoms with Crippen LogP contribution < -0.4 is 16.4 Å². The second kappa shape index (κ2) is 14.6. The summed E-state index contributed by atoms with van der Waals surface area (Å²) in [7, 11) is 0. The third-order valence-electron chi connectivity index (χ3n) is 7.42. The smallest absolute Gasteiger partial charge is 0.240 e. The maximum atomic E-state index is 12.7. The topological polar surface area (TPSA) is 132 Å². The van der Waals surface area contributed by atoms with Gasteiger partial charge >= 0.3 is 0 Å². The average Bonchev–Trinajstić information content (AvgIpc) is 3.41. The molecule has 0 aliphatic heterocycles. The Balaban J connectivity index is 1.32. The standard InChI is InChI=1S/C35H42N6O3/c1-24(42)38-27-17-13-25(14-18-27)22-32(34(36)44)39-33(43)12-7-5-6-10-29-23-31(30-11-8-9-21-37-30)40-41(29)28-19-15-26(16-20-28)35(2,3)4/h8-9,11,13-21,23,32H,5-7,10,12,22H2,1-4H3,(H2,36,44)(H,38,42)(H,39,43). The van der Waals surface area contributed by atoms with Crippen molar-refractivity contribution >= 4 is 23.4 Å². The van der Waals surface area contributed by atoms with Crippen molar-refractivity contribution in [2.24, 2.45) is 5.73 Å². The SMILES string of the molecule is CC(=O)Nc1ccc(CC(NC(=O)CCCCCc2cc(-c3ccccn3)nn2-c2ccc(C(C)(C)C)cc2)C(N)=O)cc1. The fraction of sp³-hybridized carbons (Fsp3) is 0.343. The fourth-order valence-electron chi connectivity index (χ4n) is 4.98. The van der Waals surface area contributed by atoms with Crippen molar-refractivity contribution in [3.63, 3.8) is 0 Å². The summed E-state index contributed by atoms with van der Waals surface area (Å²) in [5.41, 5.74) is 12.1. The lowest BCUT2D eigenvalue weighted by Crippen LogP contribution is -2.45. The summed E-state index contributed by atoms with van der Waals surface area (Å²) < 4.78 is 1.99. The Labute approximate surface area is 259 Å². The normalized spacial score (nSPS) is 12.0. The first kappa shape index (κ1) is 32.1. The molecule has 0 aliphatic rings. The molecule has 4 aromatic rings. The van der Waals surface area contributed by atoms with Crippen molar-refractivity contribution in [3.8, 4) is 17.1 Å². The van der Waals surface area contributed by atoms with E-state index in [2.05, 4.69) is 66.7 Å². The summed E-state index contributed by atoms with van der Waals surface area (Å²) in [6.45, 7) is 8.03. The number of unbranched alkanes of at least 4 members (excludes halogenated alkanes) is 2. The van der Waals surface area contributed by atoms with Gasteiger partial charge in [0.15, 0.2) is 0 Å². The van der Waals surface area contributed by atoms with Crippen LogP contribution in [0.2, 0.25) is 0 Å². The van der Waals surface area contributed by atoms with Gasteiger partial charge in [-0.25, -0.2) is 4.68 Å². The average molecular weight is 595 g/mol. The van der Waals surface area contributed by atoms with Crippen molar-refractivity contribution < 1.29 is 14.4 Å². The number of pyridine rings is 1. The number of primary amides is 1. The maximum Gasteiger partial charge on any atom is 0.240 e. The molecule has 2 aromatic carbocycles. The maximum absolute atomic E-state index is 12.7. The summed E-state index contributed by atoms with van der Waals surface area (Å²) in [5, 5.41) is 10.4. The Morgan fingerprint density at radius 2 is 1.64 bits per heavy atom. The number of anilines is 1. The first-order valence-corrected chi connectivity index (χ1v) is 15.1. The van der Waals surface area contributed by atoms with E-state index in [-0.39, 0.29) is 23.7 Å². The number of nitrogens with one attached hydrogen (secondary N) is 2. The number of benzene rings is 2. The molecular formula is C35H42N6O3. The highest BCUT2D eigenvalue weighted by Gasteiger charge is 2.19. The highest BCUT2D eigenvalue weighted by Crippen LogP contribution is 2.26. The molecule has 0 radical (unpaired) electrons. The van der Waals surface area contributed by atoms with Crippen LogP contribution in [0.4, 0.5) is 5.69 Å². The Morgan fingerprint density at radius 3 is 2.25 bits per heavy atom. The third kappa shape index (κ3) is 9.10. The van der Waals surface area contributed by atoms with E-state index in [0.29, 0.717) is 18.5 Å². The van der Waals surface area contributed by atoms with Crippen LogP contribution in [0, 0.1) is 0 Å². The van der Waals surface area contributed by atoms with Crippen LogP contribution in [0.15, 0.2) is 79.0 Å². The van der Waals surface area contributed by atoms with Crippen LogP contribution >= 0.6 is 0 Å². The number of hydrogen-bond acceptors (Lipinski definition) is 5. The number of aryl methyl sites for hydroxylation is 1. The molecule has 0 saturated carbocycles. The predicted octanol–water partition coefficient (Wildman–Crippen LogP) is 5.51. The number of aromatic nitrogens is 3. The molecule has 0 bridgehead atoms. The van der Waals surface area contributed by atoms with Crippen LogP contribution in [0.5, 0.6) is 0 Å². The lowest BCUT2D eigenvalue weighted by molar-refractivity contribution is -0.127. The number of nitrogens with two attached hydrogens (primary N) is 1. The summed E-state index contributed by atoms with van der Waals surface area (Å²) in [6.07, 6.45) is 5.54. The van der Waals surface area contributed by atoms with Crippen molar-refractivity contribution in [2.75, 3.05) is 5.32 Å². The molecule has 2 aromatic heterocycles. The molecule has 3 amide bonds. The van der Waals surface area contributed by atoms with E-state index in [9.17, 15) is 14.4 Å². The van der Waals surface area contributed by atoms with E-state index in [0.717, 1.165) is 47.6 Å². The minimum atomic E-state index is -0.807. The molecule has 4 rings (SSSR count). The van der Waals surface area contributed by atoms with E-state index >= 15 is 0 Å². The first-order chi connectivity index (χ1) is 21.0. The molecule has 0 fully saturated rings. The van der Waals surface area contributed by atoms with Crippen molar-refractivity contribution in [2.45, 2.75) is 77.7 Å². The number of carbonyl (C=O) groups excluding carboxylic acids is 3. The molecule has 9 heteroatoms. The van der Waals surface area contributed by atoms with E-state index in [1.165, 1.54) is 12.5 Å². The summed E-state index contributed by atoms with van der Waals surface area (Å²) in [4.78, 5) is 40.4. The molecule has 0 spiro atoms. The van der Waals surface area contributed by atoms with Gasteiger partial charge in [-0.2, -0.15) is 5.10 Å². The van der Waals surface area contributed by atoms with Gasteiger partial charge in [-0.1, -0.05) is 57.5 Å². The number of nitrogens with zero attached hydrogens (tertiary/aromatic N) is 3. The highest BCUT2D eigenvalue weighted by atomic mass is 16.2. The van der Waals surface area contributed by atoms with Crippen molar-refractivity contribution in [1.82, 2.24) is 20.1 Å². The first-order valence-electron chi connectivity index (χ1n) is 15.1. The number of carbonyl (C=O) groups is 3. The van der Waals surface area contributed by atoms with Gasteiger partial charge in [-0.15, -0.1) is 0 Å². The summed E-state index contributed by atoms with van der Waals surface area (Å²) in [6, 6.07) is 22.7. The van der Waals surface area contributed by atoms with E-state index in [1.54, 1.807) is 30.5 Å². The molecule has 4 N–H and O–H groups in total. The van der Waals surface area contributed by atoms with Crippen LogP contribution in [0.1, 0.15) is 70.2 Å². The van der Waals surface area contributed by atoms with Gasteiger partial charge in [0.1, 0.15) is 11.7 Å². The van der Waals surface area contributed by atoms with Crippen molar-refractivity contribution in [1.29, 1.82) is 0 Å². The second-order valence-corrected chi connectivity index (χ2v) is 12.1. The van der Waals surface area contributed by atoms with E-state index in [1.807, 2.05) is 22.9 Å². The molecule has 44 heavy (non-hydrogen) atoms. The Bertz CT molecular complexity index is 1560. The van der Waals surface area contributed by atoms with Crippen LogP contribution in [0.25, 0.3) is 17.1 Å².